The summed E-state index contributed by atoms with van der Waals surface area (Å²) >= 11 is 14.3. The number of carbonyl (C=O) groups excluding carboxylic acids is 1. The van der Waals surface area contributed by atoms with Crippen molar-refractivity contribution < 1.29 is 4.79 Å². The number of hydrogen-bond acceptors (Lipinski definition) is 2. The molecule has 2 rings (SSSR count). The standard InChI is InChI=1S/C12H7Br2ClOS/c13-7-4-8(17-6-7)5-11(16)9-2-1-3-10(14)12(9)15/h1-4,6H,5H2. The minimum atomic E-state index is 0.0330. The molecule has 2 aromatic rings. The Balaban J connectivity index is 2.23. The predicted molar refractivity (Wildman–Crippen MR) is 79.2 cm³/mol. The van der Waals surface area contributed by atoms with Crippen LogP contribution in [0.1, 0.15) is 15.2 Å². The maximum Gasteiger partial charge on any atom is 0.169 e. The average Bonchev–Trinajstić information content (AvgIpc) is 2.68. The van der Waals surface area contributed by atoms with Crippen LogP contribution in [-0.4, -0.2) is 5.78 Å². The smallest absolute Gasteiger partial charge is 0.169 e. The Kier molecular flexibility index (Phi) is 4.42. The van der Waals surface area contributed by atoms with Gasteiger partial charge in [0.1, 0.15) is 0 Å². The van der Waals surface area contributed by atoms with Crippen LogP contribution >= 0.6 is 54.8 Å². The molecule has 0 aliphatic carbocycles. The van der Waals surface area contributed by atoms with E-state index in [2.05, 4.69) is 31.9 Å². The molecule has 5 heteroatoms. The Labute approximate surface area is 125 Å². The van der Waals surface area contributed by atoms with Gasteiger partial charge < -0.3 is 0 Å². The van der Waals surface area contributed by atoms with Crippen LogP contribution in [0.15, 0.2) is 38.6 Å². The van der Waals surface area contributed by atoms with E-state index in [9.17, 15) is 4.79 Å². The lowest BCUT2D eigenvalue weighted by molar-refractivity contribution is 0.0994. The number of Topliss-reactive ketones (excluding diaryl/α,β-unsaturated/α-hetero) is 1. The lowest BCUT2D eigenvalue weighted by atomic mass is 10.1. The summed E-state index contributed by atoms with van der Waals surface area (Å²) in [6.07, 6.45) is 0.381. The SMILES string of the molecule is O=C(Cc1cc(Br)cs1)c1cccc(Br)c1Cl. The third kappa shape index (κ3) is 3.19. The Hall–Kier alpha value is -0.160. The highest BCUT2D eigenvalue weighted by atomic mass is 79.9. The summed E-state index contributed by atoms with van der Waals surface area (Å²) in [7, 11) is 0. The van der Waals surface area contributed by atoms with E-state index in [0.717, 1.165) is 13.8 Å². The fourth-order valence-corrected chi connectivity index (χ4v) is 3.47. The molecule has 0 aliphatic heterocycles. The Bertz CT molecular complexity index is 565. The van der Waals surface area contributed by atoms with Crippen molar-refractivity contribution in [2.24, 2.45) is 0 Å². The summed E-state index contributed by atoms with van der Waals surface area (Å²) in [6, 6.07) is 7.33. The number of rotatable bonds is 3. The number of benzene rings is 1. The average molecular weight is 395 g/mol. The minimum absolute atomic E-state index is 0.0330. The van der Waals surface area contributed by atoms with Crippen LogP contribution in [0.4, 0.5) is 0 Å². The van der Waals surface area contributed by atoms with Gasteiger partial charge in [0.25, 0.3) is 0 Å². The molecular weight excluding hydrogens is 387 g/mol. The highest BCUT2D eigenvalue weighted by Crippen LogP contribution is 2.28. The number of thiophene rings is 1. The van der Waals surface area contributed by atoms with Crippen molar-refractivity contribution in [2.45, 2.75) is 6.42 Å². The Morgan fingerprint density at radius 3 is 2.76 bits per heavy atom. The molecule has 0 amide bonds. The van der Waals surface area contributed by atoms with E-state index < -0.39 is 0 Å². The third-order valence-electron chi connectivity index (χ3n) is 2.21. The third-order valence-corrected chi connectivity index (χ3v) is 5.20. The van der Waals surface area contributed by atoms with Gasteiger partial charge in [0.2, 0.25) is 0 Å². The van der Waals surface area contributed by atoms with Crippen LogP contribution < -0.4 is 0 Å². The van der Waals surface area contributed by atoms with Gasteiger partial charge in [-0.25, -0.2) is 0 Å². The molecule has 1 heterocycles. The number of hydrogen-bond donors (Lipinski definition) is 0. The summed E-state index contributed by atoms with van der Waals surface area (Å²) in [5, 5.41) is 2.44. The lowest BCUT2D eigenvalue weighted by Crippen LogP contribution is -2.03. The quantitative estimate of drug-likeness (QED) is 0.641. The van der Waals surface area contributed by atoms with Gasteiger partial charge in [-0.2, -0.15) is 0 Å². The van der Waals surface area contributed by atoms with Crippen LogP contribution in [0.25, 0.3) is 0 Å². The lowest BCUT2D eigenvalue weighted by Gasteiger charge is -2.03. The van der Waals surface area contributed by atoms with E-state index in [1.807, 2.05) is 23.6 Å². The predicted octanol–water partition coefficient (Wildman–Crippen LogP) is 5.35. The van der Waals surface area contributed by atoms with Gasteiger partial charge in [-0.1, -0.05) is 17.7 Å². The first-order valence-electron chi connectivity index (χ1n) is 4.78. The molecule has 0 atom stereocenters. The van der Waals surface area contributed by atoms with Gasteiger partial charge in [0.05, 0.1) is 5.02 Å². The van der Waals surface area contributed by atoms with Crippen LogP contribution in [0.2, 0.25) is 5.02 Å². The molecular formula is C12H7Br2ClOS. The van der Waals surface area contributed by atoms with E-state index in [1.54, 1.807) is 17.4 Å². The minimum Gasteiger partial charge on any atom is -0.294 e. The van der Waals surface area contributed by atoms with Crippen molar-refractivity contribution >= 4 is 60.6 Å². The zero-order valence-corrected chi connectivity index (χ0v) is 13.3. The molecule has 0 bridgehead atoms. The first-order valence-corrected chi connectivity index (χ1v) is 7.62. The molecule has 88 valence electrons. The van der Waals surface area contributed by atoms with Crippen LogP contribution in [0.5, 0.6) is 0 Å². The van der Waals surface area contributed by atoms with E-state index in [1.165, 1.54) is 0 Å². The molecule has 0 saturated carbocycles. The summed E-state index contributed by atoms with van der Waals surface area (Å²) in [4.78, 5) is 13.1. The number of ketones is 1. The molecule has 0 fully saturated rings. The largest absolute Gasteiger partial charge is 0.294 e. The number of carbonyl (C=O) groups is 1. The van der Waals surface area contributed by atoms with Crippen molar-refractivity contribution in [3.8, 4) is 0 Å². The van der Waals surface area contributed by atoms with E-state index in [4.69, 9.17) is 11.6 Å². The van der Waals surface area contributed by atoms with Crippen molar-refractivity contribution in [2.75, 3.05) is 0 Å². The summed E-state index contributed by atoms with van der Waals surface area (Å²) in [5.41, 5.74) is 0.561. The Morgan fingerprint density at radius 1 is 1.35 bits per heavy atom. The van der Waals surface area contributed by atoms with Crippen LogP contribution in [0, 0.1) is 0 Å². The molecule has 1 aromatic carbocycles. The highest BCUT2D eigenvalue weighted by molar-refractivity contribution is 9.10. The highest BCUT2D eigenvalue weighted by Gasteiger charge is 2.13. The fraction of sp³-hybridized carbons (Fsp3) is 0.0833. The molecule has 0 aliphatic rings. The second-order valence-electron chi connectivity index (χ2n) is 3.43. The van der Waals surface area contributed by atoms with Gasteiger partial charge in [-0.05, 0) is 50.1 Å². The maximum absolute atomic E-state index is 12.1. The van der Waals surface area contributed by atoms with E-state index >= 15 is 0 Å². The molecule has 0 radical (unpaired) electrons. The van der Waals surface area contributed by atoms with E-state index in [0.29, 0.717) is 17.0 Å². The Morgan fingerprint density at radius 2 is 2.12 bits per heavy atom. The zero-order chi connectivity index (χ0) is 12.4. The van der Waals surface area contributed by atoms with Gasteiger partial charge in [-0.3, -0.25) is 4.79 Å². The van der Waals surface area contributed by atoms with E-state index in [-0.39, 0.29) is 5.78 Å². The molecule has 0 spiro atoms. The van der Waals surface area contributed by atoms with Gasteiger partial charge in [0.15, 0.2) is 5.78 Å². The van der Waals surface area contributed by atoms with Crippen LogP contribution in [-0.2, 0) is 6.42 Å². The van der Waals surface area contributed by atoms with Crippen molar-refractivity contribution in [1.29, 1.82) is 0 Å². The van der Waals surface area contributed by atoms with Gasteiger partial charge in [0, 0.05) is 31.2 Å². The summed E-state index contributed by atoms with van der Waals surface area (Å²) in [5.74, 6) is 0.0330. The second kappa shape index (κ2) is 5.65. The molecule has 0 saturated heterocycles. The maximum atomic E-state index is 12.1. The topological polar surface area (TPSA) is 17.1 Å². The molecule has 1 nitrogen and oxygen atoms in total. The van der Waals surface area contributed by atoms with Gasteiger partial charge >= 0.3 is 0 Å². The molecule has 17 heavy (non-hydrogen) atoms. The number of halogens is 3. The second-order valence-corrected chi connectivity index (χ2v) is 6.58. The first-order chi connectivity index (χ1) is 8.08. The van der Waals surface area contributed by atoms with Gasteiger partial charge in [-0.15, -0.1) is 11.3 Å². The molecule has 0 N–H and O–H groups in total. The first kappa shape index (κ1) is 13.3. The van der Waals surface area contributed by atoms with Crippen molar-refractivity contribution in [3.63, 3.8) is 0 Å². The fourth-order valence-electron chi connectivity index (χ4n) is 1.42. The van der Waals surface area contributed by atoms with Crippen molar-refractivity contribution in [3.05, 3.63) is 54.1 Å². The monoisotopic (exact) mass is 392 g/mol. The normalized spacial score (nSPS) is 10.5. The van der Waals surface area contributed by atoms with Crippen LogP contribution in [0.3, 0.4) is 0 Å². The summed E-state index contributed by atoms with van der Waals surface area (Å²) < 4.78 is 1.75. The molecule has 1 aromatic heterocycles. The van der Waals surface area contributed by atoms with Crippen molar-refractivity contribution in [1.82, 2.24) is 0 Å². The summed E-state index contributed by atoms with van der Waals surface area (Å²) in [6.45, 7) is 0. The zero-order valence-electron chi connectivity index (χ0n) is 8.54. The molecule has 0 unspecified atom stereocenters.